The van der Waals surface area contributed by atoms with Crippen LogP contribution in [0.2, 0.25) is 0 Å². The molecule has 0 amide bonds. The van der Waals surface area contributed by atoms with Crippen LogP contribution in [-0.4, -0.2) is 35.6 Å². The van der Waals surface area contributed by atoms with Crippen LogP contribution in [-0.2, 0) is 6.54 Å². The Labute approximate surface area is 114 Å². The molecule has 0 radical (unpaired) electrons. The minimum Gasteiger partial charge on any atom is -0.314 e. The van der Waals surface area contributed by atoms with Crippen molar-refractivity contribution in [2.24, 2.45) is 0 Å². The van der Waals surface area contributed by atoms with Crippen molar-refractivity contribution >= 4 is 23.7 Å². The van der Waals surface area contributed by atoms with Crippen molar-refractivity contribution in [3.05, 3.63) is 16.1 Å². The van der Waals surface area contributed by atoms with Crippen LogP contribution in [0.25, 0.3) is 0 Å². The van der Waals surface area contributed by atoms with E-state index in [1.807, 2.05) is 0 Å². The molecule has 0 aromatic carbocycles. The Kier molecular flexibility index (Phi) is 6.41. The highest BCUT2D eigenvalue weighted by molar-refractivity contribution is 7.09. The molecule has 3 nitrogen and oxygen atoms in total. The molecule has 1 N–H and O–H groups in total. The average molecular weight is 276 g/mol. The van der Waals surface area contributed by atoms with Crippen molar-refractivity contribution in [1.82, 2.24) is 15.2 Å². The SMILES string of the molecule is CCCC1CNCCN1Cc1csc(C)n1.Cl. The third kappa shape index (κ3) is 4.21. The van der Waals surface area contributed by atoms with Crippen molar-refractivity contribution in [1.29, 1.82) is 0 Å². The molecule has 1 aromatic heterocycles. The number of aryl methyl sites for hydroxylation is 1. The van der Waals surface area contributed by atoms with Crippen LogP contribution in [0.15, 0.2) is 5.38 Å². The number of aromatic nitrogens is 1. The van der Waals surface area contributed by atoms with Crippen LogP contribution >= 0.6 is 23.7 Å². The predicted molar refractivity (Wildman–Crippen MR) is 76.1 cm³/mol. The topological polar surface area (TPSA) is 28.2 Å². The van der Waals surface area contributed by atoms with Gasteiger partial charge in [0.05, 0.1) is 10.7 Å². The van der Waals surface area contributed by atoms with Crippen LogP contribution in [0.3, 0.4) is 0 Å². The van der Waals surface area contributed by atoms with Crippen LogP contribution in [0.5, 0.6) is 0 Å². The fourth-order valence-corrected chi connectivity index (χ4v) is 2.92. The molecule has 2 heterocycles. The largest absolute Gasteiger partial charge is 0.314 e. The summed E-state index contributed by atoms with van der Waals surface area (Å²) in [6.07, 6.45) is 2.55. The maximum absolute atomic E-state index is 4.56. The Morgan fingerprint density at radius 1 is 1.59 bits per heavy atom. The van der Waals surface area contributed by atoms with Crippen molar-refractivity contribution in [2.75, 3.05) is 19.6 Å². The Balaban J connectivity index is 0.00000144. The van der Waals surface area contributed by atoms with Gasteiger partial charge >= 0.3 is 0 Å². The van der Waals surface area contributed by atoms with Gasteiger partial charge in [0.25, 0.3) is 0 Å². The average Bonchev–Trinajstić information content (AvgIpc) is 2.67. The maximum Gasteiger partial charge on any atom is 0.0897 e. The van der Waals surface area contributed by atoms with Crippen LogP contribution in [0.1, 0.15) is 30.5 Å². The highest BCUT2D eigenvalue weighted by atomic mass is 35.5. The van der Waals surface area contributed by atoms with Gasteiger partial charge in [-0.1, -0.05) is 13.3 Å². The van der Waals surface area contributed by atoms with Crippen molar-refractivity contribution < 1.29 is 0 Å². The molecule has 0 bridgehead atoms. The summed E-state index contributed by atoms with van der Waals surface area (Å²) in [4.78, 5) is 7.13. The van der Waals surface area contributed by atoms with E-state index in [1.54, 1.807) is 11.3 Å². The number of thiazole rings is 1. The molecular weight excluding hydrogens is 254 g/mol. The first-order valence-corrected chi connectivity index (χ1v) is 7.03. The molecule has 98 valence electrons. The zero-order valence-electron chi connectivity index (χ0n) is 10.6. The summed E-state index contributed by atoms with van der Waals surface area (Å²) in [5.41, 5.74) is 1.24. The van der Waals surface area contributed by atoms with Gasteiger partial charge in [-0.2, -0.15) is 0 Å². The minimum absolute atomic E-state index is 0. The summed E-state index contributed by atoms with van der Waals surface area (Å²) in [7, 11) is 0. The summed E-state index contributed by atoms with van der Waals surface area (Å²) in [5, 5.41) is 6.85. The summed E-state index contributed by atoms with van der Waals surface area (Å²) in [5.74, 6) is 0. The molecule has 0 saturated carbocycles. The first kappa shape index (κ1) is 14.9. The Hall–Kier alpha value is -0.160. The summed E-state index contributed by atoms with van der Waals surface area (Å²) in [6.45, 7) is 8.77. The molecule has 2 rings (SSSR count). The first-order valence-electron chi connectivity index (χ1n) is 6.15. The monoisotopic (exact) mass is 275 g/mol. The van der Waals surface area contributed by atoms with E-state index in [0.29, 0.717) is 6.04 Å². The third-order valence-electron chi connectivity index (χ3n) is 3.13. The van der Waals surface area contributed by atoms with Gasteiger partial charge in [0, 0.05) is 37.6 Å². The number of nitrogens with zero attached hydrogens (tertiary/aromatic N) is 2. The van der Waals surface area contributed by atoms with Gasteiger partial charge in [0.1, 0.15) is 0 Å². The second-order valence-corrected chi connectivity index (χ2v) is 5.54. The highest BCUT2D eigenvalue weighted by Crippen LogP contribution is 2.15. The number of piperazine rings is 1. The van der Waals surface area contributed by atoms with E-state index in [9.17, 15) is 0 Å². The predicted octanol–water partition coefficient (Wildman–Crippen LogP) is 2.45. The minimum atomic E-state index is 0. The third-order valence-corrected chi connectivity index (χ3v) is 3.95. The lowest BCUT2D eigenvalue weighted by atomic mass is 10.1. The Morgan fingerprint density at radius 2 is 2.41 bits per heavy atom. The zero-order valence-corrected chi connectivity index (χ0v) is 12.2. The van der Waals surface area contributed by atoms with Crippen molar-refractivity contribution in [3.8, 4) is 0 Å². The van der Waals surface area contributed by atoms with Gasteiger partial charge in [-0.05, 0) is 13.3 Å². The molecule has 1 fully saturated rings. The van der Waals surface area contributed by atoms with Gasteiger partial charge in [-0.3, -0.25) is 4.90 Å². The van der Waals surface area contributed by atoms with E-state index < -0.39 is 0 Å². The van der Waals surface area contributed by atoms with Gasteiger partial charge in [0.15, 0.2) is 0 Å². The lowest BCUT2D eigenvalue weighted by molar-refractivity contribution is 0.143. The first-order chi connectivity index (χ1) is 7.79. The van der Waals surface area contributed by atoms with E-state index in [1.165, 1.54) is 23.5 Å². The second kappa shape index (κ2) is 7.31. The fraction of sp³-hybridized carbons (Fsp3) is 0.750. The molecule has 17 heavy (non-hydrogen) atoms. The smallest absolute Gasteiger partial charge is 0.0897 e. The molecule has 0 spiro atoms. The molecule has 1 atom stereocenters. The summed E-state index contributed by atoms with van der Waals surface area (Å²) >= 11 is 1.75. The molecule has 1 aromatic rings. The van der Waals surface area contributed by atoms with Gasteiger partial charge in [-0.15, -0.1) is 23.7 Å². The number of hydrogen-bond acceptors (Lipinski definition) is 4. The Bertz CT molecular complexity index is 327. The molecule has 1 unspecified atom stereocenters. The van der Waals surface area contributed by atoms with E-state index in [0.717, 1.165) is 26.2 Å². The standard InChI is InChI=1S/C12H21N3S.ClH/c1-3-4-12-7-13-5-6-15(12)8-11-9-16-10(2)14-11;/h9,12-13H,3-8H2,1-2H3;1H. The van der Waals surface area contributed by atoms with Crippen molar-refractivity contribution in [2.45, 2.75) is 39.3 Å². The molecule has 0 aliphatic carbocycles. The molecule has 1 saturated heterocycles. The number of rotatable bonds is 4. The van der Waals surface area contributed by atoms with Gasteiger partial charge < -0.3 is 5.32 Å². The highest BCUT2D eigenvalue weighted by Gasteiger charge is 2.21. The van der Waals surface area contributed by atoms with Crippen LogP contribution < -0.4 is 5.32 Å². The zero-order chi connectivity index (χ0) is 11.4. The van der Waals surface area contributed by atoms with E-state index >= 15 is 0 Å². The number of nitrogens with one attached hydrogen (secondary N) is 1. The summed E-state index contributed by atoms with van der Waals surface area (Å²) in [6, 6.07) is 0.695. The quantitative estimate of drug-likeness (QED) is 0.915. The van der Waals surface area contributed by atoms with E-state index in [2.05, 4.69) is 34.4 Å². The van der Waals surface area contributed by atoms with Crippen LogP contribution in [0.4, 0.5) is 0 Å². The maximum atomic E-state index is 4.56. The molecule has 1 aliphatic heterocycles. The second-order valence-electron chi connectivity index (χ2n) is 4.47. The number of halogens is 1. The number of hydrogen-bond donors (Lipinski definition) is 1. The lowest BCUT2D eigenvalue weighted by Crippen LogP contribution is -2.50. The van der Waals surface area contributed by atoms with E-state index in [-0.39, 0.29) is 12.4 Å². The summed E-state index contributed by atoms with van der Waals surface area (Å²) < 4.78 is 0. The van der Waals surface area contributed by atoms with Crippen LogP contribution in [0, 0.1) is 6.92 Å². The normalized spacial score (nSPS) is 21.2. The van der Waals surface area contributed by atoms with Gasteiger partial charge in [-0.25, -0.2) is 4.98 Å². The molecule has 1 aliphatic rings. The lowest BCUT2D eigenvalue weighted by Gasteiger charge is -2.35. The van der Waals surface area contributed by atoms with Crippen molar-refractivity contribution in [3.63, 3.8) is 0 Å². The molecular formula is C12H22ClN3S. The fourth-order valence-electron chi connectivity index (χ4n) is 2.32. The van der Waals surface area contributed by atoms with E-state index in [4.69, 9.17) is 0 Å². The Morgan fingerprint density at radius 3 is 3.06 bits per heavy atom. The van der Waals surface area contributed by atoms with Gasteiger partial charge in [0.2, 0.25) is 0 Å². The molecule has 5 heteroatoms.